The van der Waals surface area contributed by atoms with E-state index in [9.17, 15) is 0 Å². The molecule has 6 heavy (non-hydrogen) atoms. The minimum atomic E-state index is 1.22. The fraction of sp³-hybridized carbons (Fsp3) is 0. The van der Waals surface area contributed by atoms with Crippen molar-refractivity contribution in [2.45, 2.75) is 0 Å². The monoisotopic (exact) mass is 100.0 g/mol. The van der Waals surface area contributed by atoms with Gasteiger partial charge in [-0.1, -0.05) is 0 Å². The summed E-state index contributed by atoms with van der Waals surface area (Å²) in [6.07, 6.45) is 3.13. The zero-order chi connectivity index (χ0) is 4.41. The van der Waals surface area contributed by atoms with Gasteiger partial charge in [-0.2, -0.15) is 0 Å². The van der Waals surface area contributed by atoms with Crippen LogP contribution in [0, 0.1) is 0 Å². The van der Waals surface area contributed by atoms with Crippen molar-refractivity contribution in [2.75, 3.05) is 0 Å². The van der Waals surface area contributed by atoms with Gasteiger partial charge in [0.25, 0.3) is 0 Å². The van der Waals surface area contributed by atoms with Crippen LogP contribution in [0.1, 0.15) is 0 Å². The van der Waals surface area contributed by atoms with Crippen LogP contribution in [0.25, 0.3) is 0 Å². The zero-order valence-electron chi connectivity index (χ0n) is 2.90. The van der Waals surface area contributed by atoms with E-state index in [1.807, 2.05) is 0 Å². The maximum absolute atomic E-state index is 4.49. The molecular weight excluding hydrogens is 98.1 g/mol. The first kappa shape index (κ1) is 3.55. The average Bonchev–Trinajstić information content (AvgIpc) is 1.86. The summed E-state index contributed by atoms with van der Waals surface area (Å²) >= 11 is 4.49. The van der Waals surface area contributed by atoms with Crippen molar-refractivity contribution in [1.82, 2.24) is 0 Å². The summed E-state index contributed by atoms with van der Waals surface area (Å²) in [6, 6.07) is 0. The molecule has 30 valence electrons. The minimum absolute atomic E-state index is 1.22. The van der Waals surface area contributed by atoms with Crippen molar-refractivity contribution in [3.8, 4) is 0 Å². The highest BCUT2D eigenvalue weighted by Crippen LogP contribution is 1.89. The van der Waals surface area contributed by atoms with Crippen LogP contribution in [0.5, 0.6) is 0 Å². The van der Waals surface area contributed by atoms with Crippen molar-refractivity contribution in [2.24, 2.45) is 10.3 Å². The fourth-order valence-electron chi connectivity index (χ4n) is 0.197. The lowest BCUT2D eigenvalue weighted by Gasteiger charge is -1.59. The highest BCUT2D eigenvalue weighted by molar-refractivity contribution is 7.44. The summed E-state index contributed by atoms with van der Waals surface area (Å²) in [4.78, 5) is 0. The molecule has 1 rings (SSSR count). The zero-order valence-corrected chi connectivity index (χ0v) is 3.72. The van der Waals surface area contributed by atoms with Crippen LogP contribution in [0.2, 0.25) is 0 Å². The van der Waals surface area contributed by atoms with Gasteiger partial charge in [0.05, 0.1) is 5.11 Å². The molecule has 0 saturated heterocycles. The molecular formula is C2H2N3S+. The first-order valence-electron chi connectivity index (χ1n) is 1.43. The Kier molecular flexibility index (Phi) is 0.719. The first-order valence-corrected chi connectivity index (χ1v) is 1.80. The second-order valence-electron chi connectivity index (χ2n) is 0.806. The Balaban J connectivity index is 2.86. The molecule has 0 saturated carbocycles. The van der Waals surface area contributed by atoms with Crippen LogP contribution in [-0.2, 0) is 12.4 Å². The lowest BCUT2D eigenvalue weighted by Crippen LogP contribution is -1.76. The van der Waals surface area contributed by atoms with Crippen molar-refractivity contribution >= 4 is 12.4 Å². The van der Waals surface area contributed by atoms with Gasteiger partial charge in [0.15, 0.2) is 23.8 Å². The smallest absolute Gasteiger partial charge is 0.0322 e. The molecule has 0 aromatic rings. The molecule has 1 aliphatic heterocycles. The van der Waals surface area contributed by atoms with E-state index in [1.165, 1.54) is 10.3 Å². The second kappa shape index (κ2) is 1.22. The van der Waals surface area contributed by atoms with E-state index in [1.54, 1.807) is 6.20 Å². The normalized spacial score (nSPS) is 17.0. The third kappa shape index (κ3) is 0.463. The number of nitrogens with zero attached hydrogens (tertiary/aromatic N) is 3. The predicted molar refractivity (Wildman–Crippen MR) is 21.6 cm³/mol. The molecule has 0 aliphatic carbocycles. The van der Waals surface area contributed by atoms with Crippen LogP contribution >= 0.6 is 0 Å². The van der Waals surface area contributed by atoms with Gasteiger partial charge >= 0.3 is 0 Å². The van der Waals surface area contributed by atoms with E-state index in [4.69, 9.17) is 0 Å². The van der Waals surface area contributed by atoms with Crippen molar-refractivity contribution in [3.05, 3.63) is 12.4 Å². The summed E-state index contributed by atoms with van der Waals surface area (Å²) in [7, 11) is 0. The molecule has 0 aromatic carbocycles. The minimum Gasteiger partial charge on any atom is -0.0322 e. The Morgan fingerprint density at radius 3 is 2.67 bits per heavy atom. The topological polar surface area (TPSA) is 27.7 Å². The van der Waals surface area contributed by atoms with Gasteiger partial charge in [0.1, 0.15) is 0 Å². The Labute approximate surface area is 40.1 Å². The van der Waals surface area contributed by atoms with Crippen molar-refractivity contribution < 1.29 is 4.05 Å². The van der Waals surface area contributed by atoms with E-state index >= 15 is 0 Å². The number of hydrogen-bond acceptors (Lipinski definition) is 2. The van der Waals surface area contributed by atoms with Gasteiger partial charge in [-0.25, -0.2) is 0 Å². The van der Waals surface area contributed by atoms with E-state index in [-0.39, 0.29) is 0 Å². The van der Waals surface area contributed by atoms with E-state index < -0.39 is 0 Å². The predicted octanol–water partition coefficient (Wildman–Crippen LogP) is 0.581. The molecule has 0 radical (unpaired) electrons. The summed E-state index contributed by atoms with van der Waals surface area (Å²) < 4.78 is 1.22. The second-order valence-corrected chi connectivity index (χ2v) is 1.18. The van der Waals surface area contributed by atoms with Crippen LogP contribution in [0.15, 0.2) is 22.7 Å². The Bertz CT molecular complexity index is 111. The highest BCUT2D eigenvalue weighted by Gasteiger charge is 1.96. The van der Waals surface area contributed by atoms with Crippen LogP contribution in [-0.4, -0.2) is 4.05 Å². The quantitative estimate of drug-likeness (QED) is 0.409. The summed E-state index contributed by atoms with van der Waals surface area (Å²) in [5.74, 6) is 0. The third-order valence-electron chi connectivity index (χ3n) is 0.401. The molecule has 0 amide bonds. The molecule has 0 spiro atoms. The summed E-state index contributed by atoms with van der Waals surface area (Å²) in [5.41, 5.74) is 0. The van der Waals surface area contributed by atoms with Crippen LogP contribution in [0.4, 0.5) is 0 Å². The highest BCUT2D eigenvalue weighted by atomic mass is 32.1. The van der Waals surface area contributed by atoms with E-state index in [0.29, 0.717) is 0 Å². The SMILES string of the molecule is S=[N+]1C=CN=N1. The van der Waals surface area contributed by atoms with Gasteiger partial charge in [0, 0.05) is 0 Å². The molecule has 0 atom stereocenters. The molecule has 1 aliphatic rings. The van der Waals surface area contributed by atoms with E-state index in [0.717, 1.165) is 0 Å². The molecule has 0 bridgehead atoms. The number of hydrogen-bond donors (Lipinski definition) is 0. The standard InChI is InChI=1S/C2H2N3S/c6-5-2-1-3-4-5/h1-2H/q+1. The Morgan fingerprint density at radius 2 is 2.50 bits per heavy atom. The molecule has 0 unspecified atom stereocenters. The molecule has 0 aromatic heterocycles. The fourth-order valence-corrected chi connectivity index (χ4v) is 0.294. The van der Waals surface area contributed by atoms with Crippen molar-refractivity contribution in [3.63, 3.8) is 0 Å². The molecule has 1 heterocycles. The number of rotatable bonds is 0. The molecule has 3 nitrogen and oxygen atoms in total. The summed E-state index contributed by atoms with van der Waals surface area (Å²) in [6.45, 7) is 0. The van der Waals surface area contributed by atoms with E-state index in [2.05, 4.69) is 22.8 Å². The van der Waals surface area contributed by atoms with Crippen LogP contribution in [0.3, 0.4) is 0 Å². The van der Waals surface area contributed by atoms with Gasteiger partial charge < -0.3 is 0 Å². The average molecular weight is 100 g/mol. The van der Waals surface area contributed by atoms with Gasteiger partial charge in [-0.15, -0.1) is 0 Å². The molecule has 4 heteroatoms. The van der Waals surface area contributed by atoms with Gasteiger partial charge in [0.2, 0.25) is 6.20 Å². The maximum Gasteiger partial charge on any atom is 0.210 e. The van der Waals surface area contributed by atoms with Crippen molar-refractivity contribution in [1.29, 1.82) is 0 Å². The molecule has 0 N–H and O–H groups in total. The maximum atomic E-state index is 4.49. The van der Waals surface area contributed by atoms with Gasteiger partial charge in [-0.05, 0) is 4.05 Å². The van der Waals surface area contributed by atoms with Crippen LogP contribution < -0.4 is 0 Å². The largest absolute Gasteiger partial charge is 0.210 e. The Hall–Kier alpha value is -0.640. The molecule has 0 fully saturated rings. The lowest BCUT2D eigenvalue weighted by atomic mass is 11.0. The third-order valence-corrected chi connectivity index (χ3v) is 0.595. The Morgan fingerprint density at radius 1 is 1.67 bits per heavy atom. The first-order chi connectivity index (χ1) is 2.89. The van der Waals surface area contributed by atoms with Gasteiger partial charge in [-0.3, -0.25) is 0 Å². The lowest BCUT2D eigenvalue weighted by molar-refractivity contribution is -0.432. The summed E-state index contributed by atoms with van der Waals surface area (Å²) in [5, 5.41) is 6.83.